The quantitative estimate of drug-likeness (QED) is 0.737. The number of methoxy groups -OCH3 is 2. The molecule has 0 aliphatic rings. The molecule has 0 N–H and O–H groups in total. The molecule has 15 heavy (non-hydrogen) atoms. The molecule has 0 amide bonds. The summed E-state index contributed by atoms with van der Waals surface area (Å²) in [6, 6.07) is 7.95. The van der Waals surface area contributed by atoms with Crippen molar-refractivity contribution >= 4 is 6.08 Å². The molecule has 0 radical (unpaired) electrons. The van der Waals surface area contributed by atoms with Crippen LogP contribution in [0.25, 0.3) is 6.08 Å². The van der Waals surface area contributed by atoms with E-state index in [0.717, 1.165) is 17.7 Å². The van der Waals surface area contributed by atoms with Gasteiger partial charge in [-0.3, -0.25) is 0 Å². The third-order valence-corrected chi connectivity index (χ3v) is 2.32. The zero-order valence-corrected chi connectivity index (χ0v) is 9.57. The largest absolute Gasteiger partial charge is 0.497 e. The van der Waals surface area contributed by atoms with Gasteiger partial charge in [-0.1, -0.05) is 31.2 Å². The second-order valence-corrected chi connectivity index (χ2v) is 3.31. The smallest absolute Gasteiger partial charge is 0.118 e. The number of ether oxygens (including phenoxy) is 2. The lowest BCUT2D eigenvalue weighted by Gasteiger charge is -2.06. The van der Waals surface area contributed by atoms with Gasteiger partial charge in [0.1, 0.15) is 5.75 Å². The van der Waals surface area contributed by atoms with Gasteiger partial charge in [0.15, 0.2) is 0 Å². The number of benzene rings is 1. The molecule has 0 bridgehead atoms. The van der Waals surface area contributed by atoms with Crippen molar-refractivity contribution in [3.05, 3.63) is 35.9 Å². The highest BCUT2D eigenvalue weighted by Crippen LogP contribution is 2.13. The average Bonchev–Trinajstić information content (AvgIpc) is 2.31. The van der Waals surface area contributed by atoms with Crippen molar-refractivity contribution in [1.82, 2.24) is 0 Å². The molecule has 0 saturated carbocycles. The van der Waals surface area contributed by atoms with E-state index in [4.69, 9.17) is 9.47 Å². The van der Waals surface area contributed by atoms with Crippen LogP contribution in [-0.2, 0) is 4.74 Å². The van der Waals surface area contributed by atoms with Gasteiger partial charge in [0.05, 0.1) is 13.2 Å². The van der Waals surface area contributed by atoms with E-state index in [1.807, 2.05) is 24.3 Å². The van der Waals surface area contributed by atoms with Crippen LogP contribution in [-0.4, -0.2) is 20.3 Å². The van der Waals surface area contributed by atoms with Gasteiger partial charge in [-0.05, 0) is 24.1 Å². The summed E-state index contributed by atoms with van der Waals surface area (Å²) in [6.45, 7) is 2.10. The Morgan fingerprint density at radius 1 is 1.20 bits per heavy atom. The topological polar surface area (TPSA) is 18.5 Å². The van der Waals surface area contributed by atoms with E-state index in [1.165, 1.54) is 0 Å². The van der Waals surface area contributed by atoms with E-state index >= 15 is 0 Å². The van der Waals surface area contributed by atoms with Crippen LogP contribution >= 0.6 is 0 Å². The van der Waals surface area contributed by atoms with Gasteiger partial charge in [0.2, 0.25) is 0 Å². The van der Waals surface area contributed by atoms with Crippen LogP contribution in [0.2, 0.25) is 0 Å². The van der Waals surface area contributed by atoms with Gasteiger partial charge >= 0.3 is 0 Å². The Morgan fingerprint density at radius 2 is 1.87 bits per heavy atom. The SMILES string of the molecule is CCC(/C=C/c1ccc(OC)cc1)OC. The van der Waals surface area contributed by atoms with Crippen molar-refractivity contribution < 1.29 is 9.47 Å². The second kappa shape index (κ2) is 6.25. The zero-order chi connectivity index (χ0) is 11.1. The third-order valence-electron chi connectivity index (χ3n) is 2.32. The van der Waals surface area contributed by atoms with Crippen LogP contribution in [0.1, 0.15) is 18.9 Å². The Morgan fingerprint density at radius 3 is 2.33 bits per heavy atom. The van der Waals surface area contributed by atoms with E-state index in [9.17, 15) is 0 Å². The fourth-order valence-electron chi connectivity index (χ4n) is 1.31. The monoisotopic (exact) mass is 206 g/mol. The predicted octanol–water partition coefficient (Wildman–Crippen LogP) is 3.13. The molecule has 0 aliphatic heterocycles. The number of hydrogen-bond donors (Lipinski definition) is 0. The molecule has 1 atom stereocenters. The summed E-state index contributed by atoms with van der Waals surface area (Å²) in [5.41, 5.74) is 1.16. The summed E-state index contributed by atoms with van der Waals surface area (Å²) in [5, 5.41) is 0. The Labute approximate surface area is 91.5 Å². The first kappa shape index (κ1) is 11.8. The summed E-state index contributed by atoms with van der Waals surface area (Å²) in [5.74, 6) is 0.880. The van der Waals surface area contributed by atoms with E-state index in [-0.39, 0.29) is 6.10 Å². The van der Waals surface area contributed by atoms with Crippen LogP contribution in [0.4, 0.5) is 0 Å². The van der Waals surface area contributed by atoms with Gasteiger partial charge < -0.3 is 9.47 Å². The van der Waals surface area contributed by atoms with Crippen molar-refractivity contribution in [3.8, 4) is 5.75 Å². The molecular formula is C13H18O2. The molecule has 0 saturated heterocycles. The highest BCUT2D eigenvalue weighted by molar-refractivity contribution is 5.51. The summed E-state index contributed by atoms with van der Waals surface area (Å²) < 4.78 is 10.3. The fourth-order valence-corrected chi connectivity index (χ4v) is 1.31. The first-order valence-electron chi connectivity index (χ1n) is 5.15. The number of rotatable bonds is 5. The minimum Gasteiger partial charge on any atom is -0.497 e. The highest BCUT2D eigenvalue weighted by atomic mass is 16.5. The summed E-state index contributed by atoms with van der Waals surface area (Å²) >= 11 is 0. The Hall–Kier alpha value is -1.28. The normalized spacial score (nSPS) is 13.0. The van der Waals surface area contributed by atoms with E-state index in [2.05, 4.69) is 19.1 Å². The van der Waals surface area contributed by atoms with Crippen LogP contribution in [0, 0.1) is 0 Å². The third kappa shape index (κ3) is 3.76. The predicted molar refractivity (Wildman–Crippen MR) is 63.1 cm³/mol. The molecule has 1 rings (SSSR count). The first-order valence-corrected chi connectivity index (χ1v) is 5.15. The van der Waals surface area contributed by atoms with Crippen LogP contribution in [0.15, 0.2) is 30.3 Å². The van der Waals surface area contributed by atoms with E-state index < -0.39 is 0 Å². The molecule has 2 heteroatoms. The van der Waals surface area contributed by atoms with E-state index in [1.54, 1.807) is 14.2 Å². The Kier molecular flexibility index (Phi) is 4.91. The maximum absolute atomic E-state index is 5.25. The number of hydrogen-bond acceptors (Lipinski definition) is 2. The molecule has 1 aromatic rings. The molecular weight excluding hydrogens is 188 g/mol. The molecule has 1 unspecified atom stereocenters. The molecule has 82 valence electrons. The zero-order valence-electron chi connectivity index (χ0n) is 9.57. The van der Waals surface area contributed by atoms with Crippen LogP contribution in [0.3, 0.4) is 0 Å². The average molecular weight is 206 g/mol. The summed E-state index contributed by atoms with van der Waals surface area (Å²) in [7, 11) is 3.40. The molecule has 0 fully saturated rings. The lowest BCUT2D eigenvalue weighted by Crippen LogP contribution is -2.03. The van der Waals surface area contributed by atoms with Crippen LogP contribution < -0.4 is 4.74 Å². The standard InChI is InChI=1S/C13H18O2/c1-4-12(14-2)8-5-11-6-9-13(15-3)10-7-11/h5-10,12H,4H2,1-3H3/b8-5+. The van der Waals surface area contributed by atoms with Crippen molar-refractivity contribution in [1.29, 1.82) is 0 Å². The maximum Gasteiger partial charge on any atom is 0.118 e. The maximum atomic E-state index is 5.25. The molecule has 2 nitrogen and oxygen atoms in total. The van der Waals surface area contributed by atoms with Gasteiger partial charge in [-0.2, -0.15) is 0 Å². The highest BCUT2D eigenvalue weighted by Gasteiger charge is 1.97. The molecule has 0 spiro atoms. The molecule has 0 heterocycles. The van der Waals surface area contributed by atoms with Crippen molar-refractivity contribution in [2.24, 2.45) is 0 Å². The van der Waals surface area contributed by atoms with Gasteiger partial charge in [0, 0.05) is 7.11 Å². The van der Waals surface area contributed by atoms with Crippen molar-refractivity contribution in [2.45, 2.75) is 19.4 Å². The summed E-state index contributed by atoms with van der Waals surface area (Å²) in [6.07, 6.45) is 5.33. The lowest BCUT2D eigenvalue weighted by molar-refractivity contribution is 0.138. The van der Waals surface area contributed by atoms with E-state index in [0.29, 0.717) is 0 Å². The Balaban J connectivity index is 2.63. The second-order valence-electron chi connectivity index (χ2n) is 3.31. The molecule has 1 aromatic carbocycles. The minimum absolute atomic E-state index is 0.201. The van der Waals surface area contributed by atoms with Crippen LogP contribution in [0.5, 0.6) is 5.75 Å². The molecule has 0 aromatic heterocycles. The van der Waals surface area contributed by atoms with Gasteiger partial charge in [0.25, 0.3) is 0 Å². The van der Waals surface area contributed by atoms with Gasteiger partial charge in [-0.15, -0.1) is 0 Å². The fraction of sp³-hybridized carbons (Fsp3) is 0.385. The van der Waals surface area contributed by atoms with Crippen molar-refractivity contribution in [2.75, 3.05) is 14.2 Å². The lowest BCUT2D eigenvalue weighted by atomic mass is 10.1. The van der Waals surface area contributed by atoms with Crippen molar-refractivity contribution in [3.63, 3.8) is 0 Å². The first-order chi connectivity index (χ1) is 7.30. The van der Waals surface area contributed by atoms with Gasteiger partial charge in [-0.25, -0.2) is 0 Å². The Bertz CT molecular complexity index is 297. The molecule has 0 aliphatic carbocycles. The summed E-state index contributed by atoms with van der Waals surface area (Å²) in [4.78, 5) is 0. The minimum atomic E-state index is 0.201.